The number of benzene rings is 1. The van der Waals surface area contributed by atoms with Gasteiger partial charge < -0.3 is 9.73 Å². The highest BCUT2D eigenvalue weighted by molar-refractivity contribution is 7.16. The SMILES string of the molecule is Cc1ccc(C(C)Nc2ccc3ncsc3c2)o1. The van der Waals surface area contributed by atoms with Crippen LogP contribution in [0.4, 0.5) is 5.69 Å². The zero-order chi connectivity index (χ0) is 12.5. The van der Waals surface area contributed by atoms with Gasteiger partial charge in [0.2, 0.25) is 0 Å². The molecule has 0 aliphatic rings. The fourth-order valence-corrected chi connectivity index (χ4v) is 2.67. The van der Waals surface area contributed by atoms with Gasteiger partial charge in [0.15, 0.2) is 0 Å². The number of nitrogens with one attached hydrogen (secondary N) is 1. The first-order valence-electron chi connectivity index (χ1n) is 5.88. The average molecular weight is 258 g/mol. The summed E-state index contributed by atoms with van der Waals surface area (Å²) in [6.45, 7) is 4.05. The van der Waals surface area contributed by atoms with Crippen LogP contribution in [0.25, 0.3) is 10.2 Å². The van der Waals surface area contributed by atoms with Crippen LogP contribution < -0.4 is 5.32 Å². The second kappa shape index (κ2) is 4.46. The van der Waals surface area contributed by atoms with Gasteiger partial charge in [0.1, 0.15) is 11.5 Å². The highest BCUT2D eigenvalue weighted by atomic mass is 32.1. The second-order valence-corrected chi connectivity index (χ2v) is 5.24. The minimum absolute atomic E-state index is 0.157. The summed E-state index contributed by atoms with van der Waals surface area (Å²) in [7, 11) is 0. The van der Waals surface area contributed by atoms with Crippen molar-refractivity contribution in [1.29, 1.82) is 0 Å². The van der Waals surface area contributed by atoms with Crippen molar-refractivity contribution < 1.29 is 4.42 Å². The van der Waals surface area contributed by atoms with Gasteiger partial charge in [0.25, 0.3) is 0 Å². The van der Waals surface area contributed by atoms with E-state index in [1.165, 1.54) is 4.70 Å². The maximum absolute atomic E-state index is 5.62. The standard InChI is InChI=1S/C14H14N2OS/c1-9-3-6-13(17-9)10(2)16-11-4-5-12-14(7-11)18-8-15-12/h3-8,10,16H,1-2H3. The molecule has 18 heavy (non-hydrogen) atoms. The van der Waals surface area contributed by atoms with Crippen molar-refractivity contribution in [3.8, 4) is 0 Å². The van der Waals surface area contributed by atoms with Gasteiger partial charge in [-0.25, -0.2) is 4.98 Å². The molecule has 2 heterocycles. The van der Waals surface area contributed by atoms with E-state index in [9.17, 15) is 0 Å². The molecule has 1 atom stereocenters. The molecule has 0 spiro atoms. The number of nitrogens with zero attached hydrogens (tertiary/aromatic N) is 1. The molecule has 3 rings (SSSR count). The molecule has 0 aliphatic heterocycles. The van der Waals surface area contributed by atoms with Crippen LogP contribution in [0.3, 0.4) is 0 Å². The number of hydrogen-bond donors (Lipinski definition) is 1. The quantitative estimate of drug-likeness (QED) is 0.758. The lowest BCUT2D eigenvalue weighted by atomic mass is 10.2. The van der Waals surface area contributed by atoms with E-state index in [-0.39, 0.29) is 6.04 Å². The van der Waals surface area contributed by atoms with Crippen LogP contribution in [0.1, 0.15) is 24.5 Å². The molecule has 4 heteroatoms. The Morgan fingerprint density at radius 2 is 2.17 bits per heavy atom. The van der Waals surface area contributed by atoms with Crippen molar-refractivity contribution in [2.45, 2.75) is 19.9 Å². The summed E-state index contributed by atoms with van der Waals surface area (Å²) in [6, 6.07) is 10.4. The third-order valence-electron chi connectivity index (χ3n) is 2.90. The van der Waals surface area contributed by atoms with Gasteiger partial charge in [-0.05, 0) is 44.2 Å². The predicted molar refractivity (Wildman–Crippen MR) is 75.1 cm³/mol. The van der Waals surface area contributed by atoms with Crippen molar-refractivity contribution >= 4 is 27.2 Å². The molecule has 0 amide bonds. The van der Waals surface area contributed by atoms with Crippen molar-refractivity contribution in [3.63, 3.8) is 0 Å². The van der Waals surface area contributed by atoms with Crippen LogP contribution in [-0.2, 0) is 0 Å². The topological polar surface area (TPSA) is 38.1 Å². The van der Waals surface area contributed by atoms with Gasteiger partial charge in [-0.3, -0.25) is 0 Å². The van der Waals surface area contributed by atoms with Gasteiger partial charge >= 0.3 is 0 Å². The Hall–Kier alpha value is -1.81. The molecule has 1 N–H and O–H groups in total. The average Bonchev–Trinajstić information content (AvgIpc) is 2.96. The van der Waals surface area contributed by atoms with E-state index in [1.54, 1.807) is 11.3 Å². The maximum Gasteiger partial charge on any atom is 0.126 e. The molecule has 1 unspecified atom stereocenters. The number of fused-ring (bicyclic) bond motifs is 1. The lowest BCUT2D eigenvalue weighted by molar-refractivity contribution is 0.467. The summed E-state index contributed by atoms with van der Waals surface area (Å²) >= 11 is 1.65. The lowest BCUT2D eigenvalue weighted by Gasteiger charge is -2.12. The smallest absolute Gasteiger partial charge is 0.126 e. The maximum atomic E-state index is 5.62. The summed E-state index contributed by atoms with van der Waals surface area (Å²) in [5, 5.41) is 3.44. The number of rotatable bonds is 3. The normalized spacial score (nSPS) is 12.8. The van der Waals surface area contributed by atoms with Crippen LogP contribution in [0.15, 0.2) is 40.3 Å². The van der Waals surface area contributed by atoms with E-state index in [0.29, 0.717) is 0 Å². The number of aromatic nitrogens is 1. The van der Waals surface area contributed by atoms with E-state index in [4.69, 9.17) is 4.42 Å². The Balaban J connectivity index is 1.83. The first kappa shape index (κ1) is 11.3. The van der Waals surface area contributed by atoms with Crippen LogP contribution >= 0.6 is 11.3 Å². The van der Waals surface area contributed by atoms with Crippen molar-refractivity contribution in [2.75, 3.05) is 5.32 Å². The molecule has 0 radical (unpaired) electrons. The monoisotopic (exact) mass is 258 g/mol. The van der Waals surface area contributed by atoms with Gasteiger partial charge in [-0.2, -0.15) is 0 Å². The van der Waals surface area contributed by atoms with E-state index in [2.05, 4.69) is 23.3 Å². The van der Waals surface area contributed by atoms with E-state index >= 15 is 0 Å². The molecular weight excluding hydrogens is 244 g/mol. The Morgan fingerprint density at radius 1 is 1.28 bits per heavy atom. The summed E-state index contributed by atoms with van der Waals surface area (Å²) in [6.07, 6.45) is 0. The summed E-state index contributed by atoms with van der Waals surface area (Å²) in [4.78, 5) is 4.27. The summed E-state index contributed by atoms with van der Waals surface area (Å²) < 4.78 is 6.81. The molecule has 3 aromatic rings. The zero-order valence-corrected chi connectivity index (χ0v) is 11.1. The second-order valence-electron chi connectivity index (χ2n) is 4.35. The van der Waals surface area contributed by atoms with E-state index in [1.807, 2.05) is 36.7 Å². The number of hydrogen-bond acceptors (Lipinski definition) is 4. The van der Waals surface area contributed by atoms with Crippen molar-refractivity contribution in [3.05, 3.63) is 47.4 Å². The highest BCUT2D eigenvalue weighted by Crippen LogP contribution is 2.25. The molecule has 3 nitrogen and oxygen atoms in total. The van der Waals surface area contributed by atoms with Crippen molar-refractivity contribution in [1.82, 2.24) is 4.98 Å². The summed E-state index contributed by atoms with van der Waals surface area (Å²) in [5.41, 5.74) is 4.01. The Labute approximate surface area is 109 Å². The van der Waals surface area contributed by atoms with Crippen LogP contribution in [0, 0.1) is 6.92 Å². The number of aryl methyl sites for hydroxylation is 1. The van der Waals surface area contributed by atoms with Crippen molar-refractivity contribution in [2.24, 2.45) is 0 Å². The Kier molecular flexibility index (Phi) is 2.80. The molecule has 2 aromatic heterocycles. The fourth-order valence-electron chi connectivity index (χ4n) is 1.95. The van der Waals surface area contributed by atoms with Gasteiger partial charge in [0.05, 0.1) is 21.8 Å². The third kappa shape index (κ3) is 2.11. The minimum Gasteiger partial charge on any atom is -0.464 e. The Bertz CT molecular complexity index is 671. The third-order valence-corrected chi connectivity index (χ3v) is 3.69. The lowest BCUT2D eigenvalue weighted by Crippen LogP contribution is -2.05. The number of anilines is 1. The van der Waals surface area contributed by atoms with E-state index in [0.717, 1.165) is 22.7 Å². The largest absolute Gasteiger partial charge is 0.464 e. The first-order valence-corrected chi connectivity index (χ1v) is 6.76. The fraction of sp³-hybridized carbons (Fsp3) is 0.214. The Morgan fingerprint density at radius 3 is 2.94 bits per heavy atom. The van der Waals surface area contributed by atoms with Crippen LogP contribution in [0.5, 0.6) is 0 Å². The highest BCUT2D eigenvalue weighted by Gasteiger charge is 2.09. The van der Waals surface area contributed by atoms with Crippen LogP contribution in [-0.4, -0.2) is 4.98 Å². The minimum atomic E-state index is 0.157. The molecule has 1 aromatic carbocycles. The molecular formula is C14H14N2OS. The number of thiazole rings is 1. The molecule has 0 saturated heterocycles. The van der Waals surface area contributed by atoms with Gasteiger partial charge in [-0.15, -0.1) is 11.3 Å². The summed E-state index contributed by atoms with van der Waals surface area (Å²) in [5.74, 6) is 1.90. The molecule has 0 aliphatic carbocycles. The van der Waals surface area contributed by atoms with E-state index < -0.39 is 0 Å². The molecule has 0 bridgehead atoms. The molecule has 92 valence electrons. The number of furan rings is 1. The predicted octanol–water partition coefficient (Wildman–Crippen LogP) is 4.37. The molecule has 0 saturated carbocycles. The zero-order valence-electron chi connectivity index (χ0n) is 10.3. The van der Waals surface area contributed by atoms with Crippen LogP contribution in [0.2, 0.25) is 0 Å². The van der Waals surface area contributed by atoms with Gasteiger partial charge in [0, 0.05) is 5.69 Å². The first-order chi connectivity index (χ1) is 8.72. The van der Waals surface area contributed by atoms with Gasteiger partial charge in [-0.1, -0.05) is 0 Å². The molecule has 0 fully saturated rings.